The smallest absolute Gasteiger partial charge is 0.146 e. The Morgan fingerprint density at radius 2 is 0.980 bits per heavy atom. The van der Waals surface area contributed by atoms with E-state index in [1.807, 2.05) is 11.3 Å². The third-order valence-electron chi connectivity index (χ3n) is 10.7. The van der Waals surface area contributed by atoms with Gasteiger partial charge in [0.05, 0.1) is 38.0 Å². The summed E-state index contributed by atoms with van der Waals surface area (Å²) in [6.45, 7) is 0. The maximum absolute atomic E-state index is 5.57. The van der Waals surface area contributed by atoms with Gasteiger partial charge >= 0.3 is 0 Å². The minimum absolute atomic E-state index is 1.01. The maximum Gasteiger partial charge on any atom is 0.146 e. The van der Waals surface area contributed by atoms with Crippen LogP contribution < -0.4 is 0 Å². The number of hydrogen-bond acceptors (Lipinski definition) is 2. The predicted molar refractivity (Wildman–Crippen MR) is 210 cm³/mol. The van der Waals surface area contributed by atoms with Gasteiger partial charge in [-0.25, -0.2) is 4.98 Å². The molecule has 0 radical (unpaired) electrons. The number of fused-ring (bicyclic) bond motifs is 20. The van der Waals surface area contributed by atoms with Crippen molar-refractivity contribution < 1.29 is 0 Å². The number of benzene rings is 8. The van der Waals surface area contributed by atoms with Crippen LogP contribution in [-0.4, -0.2) is 14.0 Å². The number of imidazole rings is 1. The molecule has 3 nitrogen and oxygen atoms in total. The summed E-state index contributed by atoms with van der Waals surface area (Å²) in [5.74, 6) is 0. The number of rotatable bonds is 1. The van der Waals surface area contributed by atoms with Gasteiger partial charge in [-0.1, -0.05) is 121 Å². The Balaban J connectivity index is 1.30. The summed E-state index contributed by atoms with van der Waals surface area (Å²) in [6, 6.07) is 55.5. The van der Waals surface area contributed by atoms with Crippen LogP contribution in [-0.2, 0) is 0 Å². The van der Waals surface area contributed by atoms with Crippen molar-refractivity contribution >= 4 is 113 Å². The lowest BCUT2D eigenvalue weighted by Crippen LogP contribution is -1.96. The van der Waals surface area contributed by atoms with Gasteiger partial charge in [-0.3, -0.25) is 4.40 Å². The number of para-hydroxylation sites is 1. The first-order valence-electron chi connectivity index (χ1n) is 16.7. The highest BCUT2D eigenvalue weighted by Gasteiger charge is 2.23. The van der Waals surface area contributed by atoms with E-state index in [2.05, 4.69) is 161 Å². The lowest BCUT2D eigenvalue weighted by molar-refractivity contribution is 1.20. The topological polar surface area (TPSA) is 22.2 Å². The third-order valence-corrected chi connectivity index (χ3v) is 11.8. The average Bonchev–Trinajstić information content (AvgIpc) is 3.85. The largest absolute Gasteiger partial charge is 0.309 e. The number of pyridine rings is 1. The molecule has 4 aromatic heterocycles. The highest BCUT2D eigenvalue weighted by atomic mass is 32.1. The SMILES string of the molecule is c1ccc2c(c1)sc1c3ccccc3c3nc4c5c6ccccc6n(-c6cccc7c8ccccc8c8ccccc8c67)c5ccc4n3c21. The molecule has 0 saturated carbocycles. The summed E-state index contributed by atoms with van der Waals surface area (Å²) >= 11 is 1.88. The monoisotopic (exact) mass is 639 g/mol. The zero-order valence-electron chi connectivity index (χ0n) is 26.2. The zero-order valence-corrected chi connectivity index (χ0v) is 27.0. The fraction of sp³-hybridized carbons (Fsp3) is 0. The fourth-order valence-corrected chi connectivity index (χ4v) is 9.92. The molecule has 0 saturated heterocycles. The van der Waals surface area contributed by atoms with Gasteiger partial charge in [0, 0.05) is 37.0 Å². The van der Waals surface area contributed by atoms with Crippen molar-refractivity contribution in [3.63, 3.8) is 0 Å². The fourth-order valence-electron chi connectivity index (χ4n) is 8.70. The molecule has 49 heavy (non-hydrogen) atoms. The van der Waals surface area contributed by atoms with Gasteiger partial charge in [-0.15, -0.1) is 11.3 Å². The normalized spacial score (nSPS) is 12.5. The maximum atomic E-state index is 5.57. The van der Waals surface area contributed by atoms with Crippen molar-refractivity contribution in [1.29, 1.82) is 0 Å². The van der Waals surface area contributed by atoms with Gasteiger partial charge in [0.1, 0.15) is 5.65 Å². The highest BCUT2D eigenvalue weighted by molar-refractivity contribution is 7.26. The van der Waals surface area contributed by atoms with Crippen LogP contribution in [0, 0.1) is 0 Å². The van der Waals surface area contributed by atoms with Crippen molar-refractivity contribution in [2.24, 2.45) is 0 Å². The Morgan fingerprint density at radius 3 is 1.76 bits per heavy atom. The third kappa shape index (κ3) is 3.20. The molecular formula is C45H25N3S. The van der Waals surface area contributed by atoms with E-state index in [9.17, 15) is 0 Å². The van der Waals surface area contributed by atoms with E-state index in [0.29, 0.717) is 0 Å². The van der Waals surface area contributed by atoms with Crippen LogP contribution in [0.1, 0.15) is 0 Å². The first-order valence-corrected chi connectivity index (χ1v) is 17.6. The first-order chi connectivity index (χ1) is 24.3. The van der Waals surface area contributed by atoms with Crippen LogP contribution in [0.5, 0.6) is 0 Å². The molecule has 0 atom stereocenters. The molecule has 0 spiro atoms. The molecule has 0 aliphatic rings. The Kier molecular flexibility index (Phi) is 4.86. The van der Waals surface area contributed by atoms with E-state index in [1.54, 1.807) is 0 Å². The molecule has 12 aromatic rings. The summed E-state index contributed by atoms with van der Waals surface area (Å²) in [5.41, 5.74) is 7.96. The lowest BCUT2D eigenvalue weighted by atomic mass is 9.93. The Labute approximate surface area is 283 Å². The summed E-state index contributed by atoms with van der Waals surface area (Å²) in [6.07, 6.45) is 0. The minimum atomic E-state index is 1.01. The molecule has 4 heterocycles. The van der Waals surface area contributed by atoms with Crippen molar-refractivity contribution in [2.75, 3.05) is 0 Å². The van der Waals surface area contributed by atoms with E-state index in [1.165, 1.54) is 85.4 Å². The number of nitrogens with zero attached hydrogens (tertiary/aromatic N) is 3. The number of hydrogen-bond donors (Lipinski definition) is 0. The Morgan fingerprint density at radius 1 is 0.408 bits per heavy atom. The molecule has 0 fully saturated rings. The van der Waals surface area contributed by atoms with Crippen LogP contribution >= 0.6 is 11.3 Å². The number of aromatic nitrogens is 3. The van der Waals surface area contributed by atoms with E-state index in [-0.39, 0.29) is 0 Å². The molecular weight excluding hydrogens is 615 g/mol. The summed E-state index contributed by atoms with van der Waals surface area (Å²) in [7, 11) is 0. The second-order valence-corrected chi connectivity index (χ2v) is 14.1. The molecule has 0 bridgehead atoms. The van der Waals surface area contributed by atoms with Gasteiger partial charge in [0.25, 0.3) is 0 Å². The van der Waals surface area contributed by atoms with Crippen LogP contribution in [0.25, 0.3) is 108 Å². The molecule has 0 amide bonds. The summed E-state index contributed by atoms with van der Waals surface area (Å²) in [5, 5.41) is 13.8. The molecule has 0 N–H and O–H groups in total. The van der Waals surface area contributed by atoms with Gasteiger partial charge in [-0.05, 0) is 57.3 Å². The van der Waals surface area contributed by atoms with Gasteiger partial charge < -0.3 is 4.57 Å². The van der Waals surface area contributed by atoms with Gasteiger partial charge in [-0.2, -0.15) is 0 Å². The van der Waals surface area contributed by atoms with Crippen LogP contribution in [0.3, 0.4) is 0 Å². The van der Waals surface area contributed by atoms with Gasteiger partial charge in [0.15, 0.2) is 0 Å². The molecule has 0 aliphatic heterocycles. The first kappa shape index (κ1) is 25.8. The quantitative estimate of drug-likeness (QED) is 0.164. The van der Waals surface area contributed by atoms with Crippen molar-refractivity contribution in [1.82, 2.24) is 14.0 Å². The molecule has 0 aliphatic carbocycles. The van der Waals surface area contributed by atoms with Crippen LogP contribution in [0.4, 0.5) is 0 Å². The minimum Gasteiger partial charge on any atom is -0.309 e. The standard InChI is InChI=1S/C45H25N3S/c1-2-13-28-26(12-1)27-14-3-4-15-29(27)40-30(28)20-11-22-36(40)47-35-21-9-7-18-33(35)41-37(47)24-25-38-42(41)46-45-32-17-6-5-16-31(32)44-43(48(38)45)34-19-8-10-23-39(34)49-44/h1-25H. The van der Waals surface area contributed by atoms with Crippen LogP contribution in [0.2, 0.25) is 0 Å². The predicted octanol–water partition coefficient (Wildman–Crippen LogP) is 12.6. The summed E-state index contributed by atoms with van der Waals surface area (Å²) in [4.78, 5) is 5.57. The molecule has 226 valence electrons. The van der Waals surface area contributed by atoms with Crippen molar-refractivity contribution in [3.8, 4) is 5.69 Å². The molecule has 4 heteroatoms. The zero-order chi connectivity index (χ0) is 31.8. The molecule has 8 aromatic carbocycles. The van der Waals surface area contributed by atoms with E-state index in [4.69, 9.17) is 4.98 Å². The Bertz CT molecular complexity index is 3350. The van der Waals surface area contributed by atoms with E-state index < -0.39 is 0 Å². The lowest BCUT2D eigenvalue weighted by Gasteiger charge is -2.16. The van der Waals surface area contributed by atoms with Gasteiger partial charge in [0.2, 0.25) is 0 Å². The van der Waals surface area contributed by atoms with Crippen LogP contribution in [0.15, 0.2) is 152 Å². The second kappa shape index (κ2) is 9.22. The summed E-state index contributed by atoms with van der Waals surface area (Å²) < 4.78 is 7.51. The Hall–Kier alpha value is -6.23. The number of thiophene rings is 1. The van der Waals surface area contributed by atoms with Crippen molar-refractivity contribution in [2.45, 2.75) is 0 Å². The highest BCUT2D eigenvalue weighted by Crippen LogP contribution is 2.45. The van der Waals surface area contributed by atoms with E-state index >= 15 is 0 Å². The second-order valence-electron chi connectivity index (χ2n) is 13.1. The van der Waals surface area contributed by atoms with E-state index in [0.717, 1.165) is 22.2 Å². The molecule has 12 rings (SSSR count). The molecule has 0 unspecified atom stereocenters. The average molecular weight is 640 g/mol. The van der Waals surface area contributed by atoms with Crippen molar-refractivity contribution in [3.05, 3.63) is 152 Å².